The molecule has 0 bridgehead atoms. The minimum absolute atomic E-state index is 0.101. The molecule has 5 N–H and O–H groups in total. The molecule has 1 spiro atoms. The molecule has 3 aliphatic rings. The first-order chi connectivity index (χ1) is 19.6. The van der Waals surface area contributed by atoms with Crippen molar-refractivity contribution in [3.8, 4) is 11.5 Å². The van der Waals surface area contributed by atoms with Crippen LogP contribution in [0.5, 0.6) is 11.5 Å². The molecule has 13 heteroatoms. The van der Waals surface area contributed by atoms with Gasteiger partial charge >= 0.3 is 17.9 Å². The van der Waals surface area contributed by atoms with E-state index in [1.165, 1.54) is 19.9 Å². The standard InChI is InChI=1S/C29H38N2O11/c1-14-6-8-19(33)23-22(14)28-12-13-31(5)17(4)29(28,39)11-10-20(24(28)42-23)41-26(37)16(3)40-27(38)18(7-9-21(34)35)30-25(36)15(2)32/h6,8,10,15-18,24,32-33,39H,7,9,11-13H2,1-5H3,(H,30,36)(H,34,35)/t15-,16-,17+,18-,24?,28?,29+/m0/s1. The van der Waals surface area contributed by atoms with E-state index in [0.29, 0.717) is 18.5 Å². The van der Waals surface area contributed by atoms with Gasteiger partial charge in [-0.25, -0.2) is 9.59 Å². The second-order valence-electron chi connectivity index (χ2n) is 11.4. The van der Waals surface area contributed by atoms with Gasteiger partial charge in [0.15, 0.2) is 23.7 Å². The average Bonchev–Trinajstić information content (AvgIpc) is 3.30. The fraction of sp³-hybridized carbons (Fsp3) is 0.586. The Balaban J connectivity index is 1.58. The van der Waals surface area contributed by atoms with Crippen LogP contribution in [0.2, 0.25) is 0 Å². The molecular weight excluding hydrogens is 552 g/mol. The van der Waals surface area contributed by atoms with Crippen LogP contribution in [0.4, 0.5) is 0 Å². The second-order valence-corrected chi connectivity index (χ2v) is 11.4. The topological polar surface area (TPSA) is 192 Å². The molecule has 4 rings (SSSR count). The number of aryl methyl sites for hydroxylation is 1. The van der Waals surface area contributed by atoms with Crippen LogP contribution in [-0.4, -0.2) is 98.7 Å². The first-order valence-electron chi connectivity index (χ1n) is 13.9. The summed E-state index contributed by atoms with van der Waals surface area (Å²) in [6, 6.07) is 1.52. The number of piperidine rings is 1. The molecule has 13 nitrogen and oxygen atoms in total. The van der Waals surface area contributed by atoms with Crippen molar-refractivity contribution in [2.45, 2.75) is 94.8 Å². The Morgan fingerprint density at radius 3 is 2.55 bits per heavy atom. The number of esters is 2. The third-order valence-electron chi connectivity index (χ3n) is 8.80. The number of carbonyl (C=O) groups excluding carboxylic acids is 3. The number of aliphatic carboxylic acids is 1. The van der Waals surface area contributed by atoms with Crippen molar-refractivity contribution >= 4 is 23.8 Å². The SMILES string of the molecule is Cc1ccc(O)c2c1C13CCN(C)[C@H](C)[C@]1(O)CC=C(OC(=O)[C@H](C)OC(=O)[C@H](CCC(=O)O)NC(=O)[C@H](C)O)C3O2. The number of amides is 1. The highest BCUT2D eigenvalue weighted by Gasteiger charge is 2.69. The summed E-state index contributed by atoms with van der Waals surface area (Å²) in [4.78, 5) is 51.0. The molecule has 1 aliphatic carbocycles. The number of hydrogen-bond donors (Lipinski definition) is 5. The molecule has 0 saturated carbocycles. The number of benzene rings is 1. The number of carboxylic acid groups (broad SMARTS) is 1. The zero-order valence-corrected chi connectivity index (χ0v) is 24.2. The molecule has 1 saturated heterocycles. The number of aliphatic hydroxyl groups excluding tert-OH is 1. The van der Waals surface area contributed by atoms with Crippen molar-refractivity contribution in [2.24, 2.45) is 0 Å². The predicted molar refractivity (Wildman–Crippen MR) is 145 cm³/mol. The fourth-order valence-electron chi connectivity index (χ4n) is 6.32. The van der Waals surface area contributed by atoms with Crippen LogP contribution in [0, 0.1) is 6.92 Å². The molecule has 0 radical (unpaired) electrons. The summed E-state index contributed by atoms with van der Waals surface area (Å²) in [6.45, 7) is 6.82. The highest BCUT2D eigenvalue weighted by atomic mass is 16.6. The molecule has 1 amide bonds. The van der Waals surface area contributed by atoms with Crippen LogP contribution < -0.4 is 10.1 Å². The minimum atomic E-state index is -1.47. The van der Waals surface area contributed by atoms with Gasteiger partial charge < -0.3 is 44.9 Å². The Labute approximate surface area is 243 Å². The molecule has 1 aromatic carbocycles. The maximum absolute atomic E-state index is 13.2. The van der Waals surface area contributed by atoms with Crippen molar-refractivity contribution in [1.29, 1.82) is 0 Å². The largest absolute Gasteiger partial charge is 0.504 e. The third-order valence-corrected chi connectivity index (χ3v) is 8.80. The molecule has 42 heavy (non-hydrogen) atoms. The summed E-state index contributed by atoms with van der Waals surface area (Å²) in [6.07, 6.45) is -2.57. The smallest absolute Gasteiger partial charge is 0.352 e. The summed E-state index contributed by atoms with van der Waals surface area (Å²) in [7, 11) is 1.92. The number of aromatic hydroxyl groups is 1. The second kappa shape index (κ2) is 11.5. The molecule has 2 unspecified atom stereocenters. The zero-order chi connectivity index (χ0) is 31.1. The summed E-state index contributed by atoms with van der Waals surface area (Å²) in [5.41, 5.74) is -0.913. The summed E-state index contributed by atoms with van der Waals surface area (Å²) in [5.74, 6) is -3.95. The summed E-state index contributed by atoms with van der Waals surface area (Å²) in [5, 5.41) is 43.6. The number of rotatable bonds is 9. The van der Waals surface area contributed by atoms with E-state index in [1.807, 2.05) is 25.8 Å². The van der Waals surface area contributed by atoms with Gasteiger partial charge in [0.25, 0.3) is 0 Å². The maximum Gasteiger partial charge on any atom is 0.352 e. The van der Waals surface area contributed by atoms with E-state index < -0.39 is 65.6 Å². The van der Waals surface area contributed by atoms with Crippen molar-refractivity contribution < 1.29 is 53.8 Å². The number of phenols is 1. The number of aliphatic hydroxyl groups is 2. The molecule has 7 atom stereocenters. The van der Waals surface area contributed by atoms with E-state index in [4.69, 9.17) is 19.3 Å². The van der Waals surface area contributed by atoms with E-state index in [1.54, 1.807) is 12.1 Å². The molecule has 0 aromatic heterocycles. The lowest BCUT2D eigenvalue weighted by Crippen LogP contribution is -2.71. The van der Waals surface area contributed by atoms with Crippen molar-refractivity contribution in [3.63, 3.8) is 0 Å². The number of likely N-dealkylation sites (N-methyl/N-ethyl adjacent to an activating group) is 1. The highest BCUT2D eigenvalue weighted by molar-refractivity contribution is 5.88. The van der Waals surface area contributed by atoms with Crippen molar-refractivity contribution in [1.82, 2.24) is 10.2 Å². The molecule has 2 aliphatic heterocycles. The Bertz CT molecular complexity index is 1310. The quantitative estimate of drug-likeness (QED) is 0.253. The van der Waals surface area contributed by atoms with Crippen LogP contribution in [-0.2, 0) is 34.1 Å². The maximum atomic E-state index is 13.2. The lowest BCUT2D eigenvalue weighted by Gasteiger charge is -2.58. The van der Waals surface area contributed by atoms with E-state index >= 15 is 0 Å². The van der Waals surface area contributed by atoms with Crippen molar-refractivity contribution in [2.75, 3.05) is 13.6 Å². The van der Waals surface area contributed by atoms with Gasteiger partial charge in [-0.3, -0.25) is 9.59 Å². The van der Waals surface area contributed by atoms with Gasteiger partial charge in [-0.1, -0.05) is 6.07 Å². The number of nitrogens with one attached hydrogen (secondary N) is 1. The van der Waals surface area contributed by atoms with Gasteiger partial charge in [0.1, 0.15) is 17.9 Å². The van der Waals surface area contributed by atoms with Crippen LogP contribution in [0.3, 0.4) is 0 Å². The lowest BCUT2D eigenvalue weighted by molar-refractivity contribution is -0.173. The number of nitrogens with zero attached hydrogens (tertiary/aromatic N) is 1. The lowest BCUT2D eigenvalue weighted by atomic mass is 9.54. The number of carbonyl (C=O) groups is 4. The molecule has 2 heterocycles. The van der Waals surface area contributed by atoms with Crippen LogP contribution in [0.25, 0.3) is 0 Å². The van der Waals surface area contributed by atoms with Crippen molar-refractivity contribution in [3.05, 3.63) is 35.1 Å². The van der Waals surface area contributed by atoms with E-state index in [0.717, 1.165) is 5.56 Å². The van der Waals surface area contributed by atoms with Crippen LogP contribution in [0.1, 0.15) is 57.6 Å². The number of fused-ring (bicyclic) bond motifs is 1. The van der Waals surface area contributed by atoms with E-state index in [2.05, 4.69) is 5.32 Å². The first-order valence-corrected chi connectivity index (χ1v) is 13.9. The number of phenolic OH excluding ortho intramolecular Hbond substituents is 1. The Kier molecular flexibility index (Phi) is 8.59. The van der Waals surface area contributed by atoms with Gasteiger partial charge in [0.2, 0.25) is 5.91 Å². The number of likely N-dealkylation sites (tertiary alicyclic amines) is 1. The third kappa shape index (κ3) is 5.20. The van der Waals surface area contributed by atoms with Crippen LogP contribution >= 0.6 is 0 Å². The zero-order valence-electron chi connectivity index (χ0n) is 24.2. The van der Waals surface area contributed by atoms with E-state index in [9.17, 15) is 34.5 Å². The van der Waals surface area contributed by atoms with Gasteiger partial charge in [-0.2, -0.15) is 0 Å². The van der Waals surface area contributed by atoms with Gasteiger partial charge in [0, 0.05) is 24.4 Å². The summed E-state index contributed by atoms with van der Waals surface area (Å²) < 4.78 is 17.2. The monoisotopic (exact) mass is 590 g/mol. The van der Waals surface area contributed by atoms with Gasteiger partial charge in [-0.15, -0.1) is 0 Å². The normalized spacial score (nSPS) is 28.5. The predicted octanol–water partition coefficient (Wildman–Crippen LogP) is 0.647. The Hall–Kier alpha value is -3.68. The average molecular weight is 591 g/mol. The van der Waals surface area contributed by atoms with Crippen LogP contribution in [0.15, 0.2) is 24.0 Å². The number of hydrogen-bond acceptors (Lipinski definition) is 11. The first kappa shape index (κ1) is 31.3. The molecule has 1 fully saturated rings. The van der Waals surface area contributed by atoms with Gasteiger partial charge in [0.05, 0.1) is 11.0 Å². The molecule has 230 valence electrons. The highest BCUT2D eigenvalue weighted by Crippen LogP contribution is 2.62. The molecule has 1 aromatic rings. The summed E-state index contributed by atoms with van der Waals surface area (Å²) >= 11 is 0. The Morgan fingerprint density at radius 2 is 1.90 bits per heavy atom. The van der Waals surface area contributed by atoms with E-state index in [-0.39, 0.29) is 36.1 Å². The number of ether oxygens (including phenoxy) is 3. The molecular formula is C29H38N2O11. The number of carboxylic acids is 1. The Morgan fingerprint density at radius 1 is 1.21 bits per heavy atom. The minimum Gasteiger partial charge on any atom is -0.504 e. The van der Waals surface area contributed by atoms with Gasteiger partial charge in [-0.05, 0) is 71.8 Å². The fourth-order valence-corrected chi connectivity index (χ4v) is 6.32.